The summed E-state index contributed by atoms with van der Waals surface area (Å²) < 4.78 is 4.86. The van der Waals surface area contributed by atoms with Gasteiger partial charge in [-0.3, -0.25) is 4.79 Å². The first-order chi connectivity index (χ1) is 20.0. The molecular weight excluding hydrogens is 522 g/mol. The molecule has 0 saturated heterocycles. The first-order valence-corrected chi connectivity index (χ1v) is 14.5. The average molecular weight is 560 g/mol. The monoisotopic (exact) mass is 559 g/mol. The molecule has 0 fully saturated rings. The van der Waals surface area contributed by atoms with Gasteiger partial charge in [-0.05, 0) is 72.9 Å². The van der Waals surface area contributed by atoms with Crippen molar-refractivity contribution in [1.29, 1.82) is 0 Å². The molecule has 0 spiro atoms. The van der Waals surface area contributed by atoms with E-state index in [0.717, 1.165) is 28.6 Å². The number of allylic oxidation sites excluding steroid dienone is 2. The van der Waals surface area contributed by atoms with Crippen molar-refractivity contribution in [2.24, 2.45) is 10.8 Å². The molecule has 1 aromatic heterocycles. The number of aromatic nitrogens is 2. The standard InChI is InChI=1S/C36H37N3O3/c1-22-19-29-30(20-23(22)2)38-32(37-29)26-9-7-8-10-27(26)33(40)39-18-16-31-35(3,4)28(15-17-36(31,5)21-39)24-11-13-25(14-12-24)34(41)42-6/h7-16,19-20H,17-18,21H2,1-6H3,(H,37,38)/t36-/m1/s1. The Balaban J connectivity index is 1.29. The minimum Gasteiger partial charge on any atom is -0.465 e. The van der Waals surface area contributed by atoms with E-state index < -0.39 is 0 Å². The number of ether oxygens (including phenoxy) is 1. The van der Waals surface area contributed by atoms with Gasteiger partial charge in [0, 0.05) is 29.5 Å². The molecule has 1 N–H and O–H groups in total. The molecule has 2 heterocycles. The van der Waals surface area contributed by atoms with Crippen LogP contribution >= 0.6 is 0 Å². The predicted molar refractivity (Wildman–Crippen MR) is 167 cm³/mol. The lowest BCUT2D eigenvalue weighted by atomic mass is 9.58. The van der Waals surface area contributed by atoms with Crippen molar-refractivity contribution in [2.75, 3.05) is 20.2 Å². The lowest BCUT2D eigenvalue weighted by Gasteiger charge is -2.50. The maximum atomic E-state index is 14.1. The zero-order valence-electron chi connectivity index (χ0n) is 25.2. The molecule has 1 atom stereocenters. The van der Waals surface area contributed by atoms with Gasteiger partial charge in [-0.2, -0.15) is 0 Å². The fourth-order valence-corrected chi connectivity index (χ4v) is 6.91. The van der Waals surface area contributed by atoms with Gasteiger partial charge in [-0.15, -0.1) is 0 Å². The predicted octanol–water partition coefficient (Wildman–Crippen LogP) is 7.54. The normalized spacial score (nSPS) is 19.6. The van der Waals surface area contributed by atoms with Gasteiger partial charge in [0.25, 0.3) is 5.91 Å². The van der Waals surface area contributed by atoms with Crippen LogP contribution in [0.3, 0.4) is 0 Å². The van der Waals surface area contributed by atoms with Crippen LogP contribution in [0.25, 0.3) is 28.0 Å². The van der Waals surface area contributed by atoms with Crippen LogP contribution in [0.5, 0.6) is 0 Å². The van der Waals surface area contributed by atoms with Gasteiger partial charge in [0.2, 0.25) is 0 Å². The molecule has 1 aliphatic heterocycles. The average Bonchev–Trinajstić information content (AvgIpc) is 3.38. The number of hydrogen-bond acceptors (Lipinski definition) is 4. The van der Waals surface area contributed by atoms with Crippen LogP contribution in [-0.4, -0.2) is 46.9 Å². The molecule has 42 heavy (non-hydrogen) atoms. The summed E-state index contributed by atoms with van der Waals surface area (Å²) in [5.74, 6) is 0.391. The zero-order valence-corrected chi connectivity index (χ0v) is 25.2. The summed E-state index contributed by atoms with van der Waals surface area (Å²) >= 11 is 0. The number of imidazole rings is 1. The van der Waals surface area contributed by atoms with Crippen molar-refractivity contribution in [3.8, 4) is 11.4 Å². The van der Waals surface area contributed by atoms with Crippen LogP contribution in [0.15, 0.2) is 78.4 Å². The minimum absolute atomic E-state index is 0.0147. The smallest absolute Gasteiger partial charge is 0.337 e. The number of H-pyrrole nitrogens is 1. The summed E-state index contributed by atoms with van der Waals surface area (Å²) in [6.45, 7) is 12.2. The maximum Gasteiger partial charge on any atom is 0.337 e. The van der Waals surface area contributed by atoms with E-state index in [9.17, 15) is 9.59 Å². The van der Waals surface area contributed by atoms with E-state index in [2.05, 4.69) is 63.9 Å². The zero-order chi connectivity index (χ0) is 29.8. The van der Waals surface area contributed by atoms with Crippen molar-refractivity contribution in [3.05, 3.63) is 106 Å². The molecule has 0 radical (unpaired) electrons. The van der Waals surface area contributed by atoms with Gasteiger partial charge in [-0.1, -0.05) is 68.8 Å². The Morgan fingerprint density at radius 2 is 1.67 bits per heavy atom. The molecular formula is C36H37N3O3. The summed E-state index contributed by atoms with van der Waals surface area (Å²) in [5, 5.41) is 0. The molecule has 0 saturated carbocycles. The van der Waals surface area contributed by atoms with E-state index in [4.69, 9.17) is 9.72 Å². The Kier molecular flexibility index (Phi) is 6.68. The lowest BCUT2D eigenvalue weighted by molar-refractivity contribution is 0.0600. The van der Waals surface area contributed by atoms with Crippen molar-refractivity contribution < 1.29 is 14.3 Å². The second kappa shape index (κ2) is 10.1. The van der Waals surface area contributed by atoms with Crippen molar-refractivity contribution in [2.45, 2.75) is 41.0 Å². The highest BCUT2D eigenvalue weighted by Gasteiger charge is 2.46. The highest BCUT2D eigenvalue weighted by molar-refractivity contribution is 6.01. The topological polar surface area (TPSA) is 75.3 Å². The third-order valence-electron chi connectivity index (χ3n) is 9.22. The Bertz CT molecular complexity index is 1750. The van der Waals surface area contributed by atoms with Crippen LogP contribution in [0, 0.1) is 24.7 Å². The first-order valence-electron chi connectivity index (χ1n) is 14.5. The summed E-state index contributed by atoms with van der Waals surface area (Å²) in [7, 11) is 1.40. The Morgan fingerprint density at radius 1 is 0.952 bits per heavy atom. The van der Waals surface area contributed by atoms with Gasteiger partial charge >= 0.3 is 5.97 Å². The number of benzene rings is 3. The second-order valence-electron chi connectivity index (χ2n) is 12.5. The number of carbonyl (C=O) groups excluding carboxylic acids is 2. The van der Waals surface area contributed by atoms with Gasteiger partial charge in [0.1, 0.15) is 5.82 Å². The van der Waals surface area contributed by atoms with Gasteiger partial charge < -0.3 is 14.6 Å². The number of rotatable bonds is 4. The molecule has 1 amide bonds. The number of aromatic amines is 1. The highest BCUT2D eigenvalue weighted by Crippen LogP contribution is 2.55. The molecule has 1 aliphatic carbocycles. The summed E-state index contributed by atoms with van der Waals surface area (Å²) in [4.78, 5) is 36.3. The number of fused-ring (bicyclic) bond motifs is 2. The van der Waals surface area contributed by atoms with Crippen molar-refractivity contribution in [3.63, 3.8) is 0 Å². The van der Waals surface area contributed by atoms with Crippen LogP contribution < -0.4 is 0 Å². The van der Waals surface area contributed by atoms with Crippen LogP contribution in [-0.2, 0) is 4.74 Å². The molecule has 2 aliphatic rings. The third kappa shape index (κ3) is 4.55. The summed E-state index contributed by atoms with van der Waals surface area (Å²) in [6.07, 6.45) is 5.39. The van der Waals surface area contributed by atoms with E-state index >= 15 is 0 Å². The van der Waals surface area contributed by atoms with E-state index in [1.54, 1.807) is 0 Å². The Labute approximate surface area is 247 Å². The van der Waals surface area contributed by atoms with Crippen molar-refractivity contribution >= 4 is 28.5 Å². The molecule has 6 rings (SSSR count). The quantitative estimate of drug-likeness (QED) is 0.207. The van der Waals surface area contributed by atoms with Gasteiger partial charge in [0.15, 0.2) is 0 Å². The van der Waals surface area contributed by atoms with E-state index in [1.807, 2.05) is 53.4 Å². The third-order valence-corrected chi connectivity index (χ3v) is 9.22. The molecule has 6 nitrogen and oxygen atoms in total. The van der Waals surface area contributed by atoms with E-state index in [1.165, 1.54) is 29.4 Å². The SMILES string of the molecule is COC(=O)c1ccc(C2=CC[C@]3(C)CN(C(=O)c4ccccc4-c4nc5cc(C)c(C)cc5[nH]4)CC=C3C2(C)C)cc1. The number of carbonyl (C=O) groups is 2. The number of esters is 1. The molecule has 3 aromatic carbocycles. The Hall–Kier alpha value is -4.45. The van der Waals surface area contributed by atoms with E-state index in [-0.39, 0.29) is 22.7 Å². The first kappa shape index (κ1) is 27.7. The summed E-state index contributed by atoms with van der Waals surface area (Å²) in [6, 6.07) is 19.6. The van der Waals surface area contributed by atoms with Crippen LogP contribution in [0.4, 0.5) is 0 Å². The molecule has 214 valence electrons. The molecule has 4 aromatic rings. The largest absolute Gasteiger partial charge is 0.465 e. The number of hydrogen-bond donors (Lipinski definition) is 1. The fourth-order valence-electron chi connectivity index (χ4n) is 6.91. The van der Waals surface area contributed by atoms with Crippen molar-refractivity contribution in [1.82, 2.24) is 14.9 Å². The molecule has 0 bridgehead atoms. The fraction of sp³-hybridized carbons (Fsp3) is 0.306. The highest BCUT2D eigenvalue weighted by atomic mass is 16.5. The molecule has 6 heteroatoms. The Morgan fingerprint density at radius 3 is 2.40 bits per heavy atom. The number of aryl methyl sites for hydroxylation is 2. The number of amides is 1. The second-order valence-corrected chi connectivity index (χ2v) is 12.5. The minimum atomic E-state index is -0.335. The van der Waals surface area contributed by atoms with E-state index in [0.29, 0.717) is 30.0 Å². The van der Waals surface area contributed by atoms with Gasteiger partial charge in [-0.25, -0.2) is 9.78 Å². The maximum absolute atomic E-state index is 14.1. The number of nitrogens with one attached hydrogen (secondary N) is 1. The number of methoxy groups -OCH3 is 1. The van der Waals surface area contributed by atoms with Crippen LogP contribution in [0.2, 0.25) is 0 Å². The van der Waals surface area contributed by atoms with Gasteiger partial charge in [0.05, 0.1) is 29.3 Å². The summed E-state index contributed by atoms with van der Waals surface area (Å²) in [5.41, 5.74) is 9.57. The number of nitrogens with zero attached hydrogens (tertiary/aromatic N) is 2. The van der Waals surface area contributed by atoms with Crippen LogP contribution in [0.1, 0.15) is 64.6 Å². The lowest BCUT2D eigenvalue weighted by Crippen LogP contribution is -2.48. The molecule has 0 unspecified atom stereocenters.